The van der Waals surface area contributed by atoms with Crippen LogP contribution in [-0.4, -0.2) is 33.7 Å². The molecule has 0 aliphatic carbocycles. The van der Waals surface area contributed by atoms with E-state index in [0.29, 0.717) is 6.54 Å². The molecule has 1 aromatic heterocycles. The summed E-state index contributed by atoms with van der Waals surface area (Å²) in [6.45, 7) is 8.01. The fourth-order valence-electron chi connectivity index (χ4n) is 1.90. The lowest BCUT2D eigenvalue weighted by Gasteiger charge is -2.22. The van der Waals surface area contributed by atoms with E-state index in [0.717, 1.165) is 11.4 Å². The number of hydrogen-bond donors (Lipinski definition) is 0. The maximum Gasteiger partial charge on any atom is 0.248 e. The summed E-state index contributed by atoms with van der Waals surface area (Å²) in [6.07, 6.45) is 5.30. The number of carbonyl (C=O) groups excluding carboxylic acids is 1. The topological polar surface area (TPSA) is 38.1 Å². The number of hydrogen-bond acceptors (Lipinski definition) is 2. The average molecular weight is 257 g/mol. The van der Waals surface area contributed by atoms with Gasteiger partial charge in [0.15, 0.2) is 0 Å². The molecule has 1 unspecified atom stereocenters. The summed E-state index contributed by atoms with van der Waals surface area (Å²) in [6, 6.07) is 1.57. The van der Waals surface area contributed by atoms with E-state index < -0.39 is 0 Å². The van der Waals surface area contributed by atoms with Crippen LogP contribution in [0, 0.1) is 38.0 Å². The highest BCUT2D eigenvalue weighted by Crippen LogP contribution is 2.13. The van der Waals surface area contributed by atoms with Gasteiger partial charge in [0.25, 0.3) is 0 Å². The number of rotatable bonds is 4. The summed E-state index contributed by atoms with van der Waals surface area (Å²) in [5, 5.41) is 4.34. The molecule has 1 rings (SSSR count). The van der Waals surface area contributed by atoms with Gasteiger partial charge in [-0.2, -0.15) is 5.10 Å². The zero-order valence-corrected chi connectivity index (χ0v) is 11.9. The predicted octanol–water partition coefficient (Wildman–Crippen LogP) is 1.55. The van der Waals surface area contributed by atoms with Gasteiger partial charge in [-0.3, -0.25) is 9.48 Å². The maximum atomic E-state index is 12.4. The highest BCUT2D eigenvalue weighted by molar-refractivity contribution is 5.80. The third-order valence-electron chi connectivity index (χ3n) is 2.81. The van der Waals surface area contributed by atoms with E-state index in [-0.39, 0.29) is 18.5 Å². The molecule has 0 radical (unpaired) electrons. The van der Waals surface area contributed by atoms with Crippen molar-refractivity contribution in [3.63, 3.8) is 0 Å². The van der Waals surface area contributed by atoms with Gasteiger partial charge < -0.3 is 4.90 Å². The Labute approximate surface area is 114 Å². The van der Waals surface area contributed by atoms with Crippen molar-refractivity contribution in [2.24, 2.45) is 0 Å². The molecule has 1 amide bonds. The van der Waals surface area contributed by atoms with Crippen molar-refractivity contribution in [1.82, 2.24) is 14.7 Å². The van der Waals surface area contributed by atoms with Gasteiger partial charge >= 0.3 is 0 Å². The Morgan fingerprint density at radius 2 is 2.21 bits per heavy atom. The molecule has 0 fully saturated rings. The molecule has 19 heavy (non-hydrogen) atoms. The summed E-state index contributed by atoms with van der Waals surface area (Å²) in [5.74, 6) is 8.07. The zero-order valence-electron chi connectivity index (χ0n) is 11.9. The normalized spacial score (nSPS) is 11.1. The first-order valence-electron chi connectivity index (χ1n) is 6.15. The molecular formula is C15H19N3O. The van der Waals surface area contributed by atoms with E-state index >= 15 is 0 Å². The second kappa shape index (κ2) is 6.66. The molecule has 0 aliphatic rings. The lowest BCUT2D eigenvalue weighted by molar-refractivity contribution is -0.133. The van der Waals surface area contributed by atoms with E-state index in [2.05, 4.69) is 22.9 Å². The van der Waals surface area contributed by atoms with Crippen molar-refractivity contribution >= 4 is 5.91 Å². The van der Waals surface area contributed by atoms with Crippen LogP contribution < -0.4 is 0 Å². The molecule has 4 nitrogen and oxygen atoms in total. The van der Waals surface area contributed by atoms with Crippen molar-refractivity contribution in [1.29, 1.82) is 0 Å². The minimum Gasteiger partial charge on any atom is -0.319 e. The van der Waals surface area contributed by atoms with Crippen molar-refractivity contribution in [3.05, 3.63) is 17.5 Å². The first-order chi connectivity index (χ1) is 9.01. The predicted molar refractivity (Wildman–Crippen MR) is 75.3 cm³/mol. The van der Waals surface area contributed by atoms with Gasteiger partial charge in [0, 0.05) is 5.69 Å². The van der Waals surface area contributed by atoms with Crippen molar-refractivity contribution in [2.45, 2.75) is 33.7 Å². The van der Waals surface area contributed by atoms with E-state index in [1.54, 1.807) is 16.5 Å². The highest BCUT2D eigenvalue weighted by Gasteiger charge is 2.22. The van der Waals surface area contributed by atoms with Crippen LogP contribution in [0.3, 0.4) is 0 Å². The molecule has 1 heterocycles. The Morgan fingerprint density at radius 3 is 2.68 bits per heavy atom. The average Bonchev–Trinajstić information content (AvgIpc) is 2.72. The van der Waals surface area contributed by atoms with Crippen LogP contribution in [0.5, 0.6) is 0 Å². The minimum atomic E-state index is -0.374. The standard InChI is InChI=1S/C15H19N3O/c1-6-8-10-17(9-7-2)15(19)14(5)18-13(4)11-12(3)16-18/h2,11,14H,9-10H2,1,3-5H3. The van der Waals surface area contributed by atoms with Crippen LogP contribution in [0.4, 0.5) is 0 Å². The van der Waals surface area contributed by atoms with Crippen molar-refractivity contribution < 1.29 is 4.79 Å². The van der Waals surface area contributed by atoms with Crippen LogP contribution in [-0.2, 0) is 4.79 Å². The Balaban J connectivity index is 2.92. The van der Waals surface area contributed by atoms with E-state index in [1.807, 2.05) is 26.8 Å². The number of aromatic nitrogens is 2. The molecule has 0 N–H and O–H groups in total. The third kappa shape index (κ3) is 3.63. The van der Waals surface area contributed by atoms with Crippen LogP contribution in [0.25, 0.3) is 0 Å². The summed E-state index contributed by atoms with van der Waals surface area (Å²) >= 11 is 0. The summed E-state index contributed by atoms with van der Waals surface area (Å²) in [5.41, 5.74) is 1.86. The van der Waals surface area contributed by atoms with Crippen LogP contribution in [0.15, 0.2) is 6.07 Å². The van der Waals surface area contributed by atoms with E-state index in [1.165, 1.54) is 0 Å². The monoisotopic (exact) mass is 257 g/mol. The Morgan fingerprint density at radius 1 is 1.53 bits per heavy atom. The number of terminal acetylenes is 1. The lowest BCUT2D eigenvalue weighted by Crippen LogP contribution is -2.37. The fraction of sp³-hybridized carbons (Fsp3) is 0.467. The van der Waals surface area contributed by atoms with Crippen LogP contribution in [0.2, 0.25) is 0 Å². The Bertz CT molecular complexity index is 554. The third-order valence-corrected chi connectivity index (χ3v) is 2.81. The molecule has 0 saturated carbocycles. The fourth-order valence-corrected chi connectivity index (χ4v) is 1.90. The second-order valence-electron chi connectivity index (χ2n) is 4.37. The van der Waals surface area contributed by atoms with E-state index in [9.17, 15) is 4.79 Å². The number of carbonyl (C=O) groups is 1. The Kier molecular flexibility index (Phi) is 5.21. The van der Waals surface area contributed by atoms with Crippen molar-refractivity contribution in [2.75, 3.05) is 13.1 Å². The van der Waals surface area contributed by atoms with Crippen molar-refractivity contribution in [3.8, 4) is 24.2 Å². The second-order valence-corrected chi connectivity index (χ2v) is 4.37. The first-order valence-corrected chi connectivity index (χ1v) is 6.15. The largest absolute Gasteiger partial charge is 0.319 e. The van der Waals surface area contributed by atoms with Gasteiger partial charge in [-0.05, 0) is 33.8 Å². The van der Waals surface area contributed by atoms with Gasteiger partial charge in [0.05, 0.1) is 18.8 Å². The minimum absolute atomic E-state index is 0.0631. The molecule has 0 bridgehead atoms. The maximum absolute atomic E-state index is 12.4. The van der Waals surface area contributed by atoms with Gasteiger partial charge in [-0.1, -0.05) is 11.8 Å². The van der Waals surface area contributed by atoms with Gasteiger partial charge in [0.1, 0.15) is 6.04 Å². The van der Waals surface area contributed by atoms with E-state index in [4.69, 9.17) is 6.42 Å². The van der Waals surface area contributed by atoms with Crippen LogP contribution in [0.1, 0.15) is 31.3 Å². The lowest BCUT2D eigenvalue weighted by atomic mass is 10.2. The summed E-state index contributed by atoms with van der Waals surface area (Å²) < 4.78 is 1.72. The first kappa shape index (κ1) is 14.9. The molecule has 0 saturated heterocycles. The SMILES string of the molecule is C#CCN(CC#CC)C(=O)C(C)n1nc(C)cc1C. The molecule has 4 heteroatoms. The van der Waals surface area contributed by atoms with Gasteiger partial charge in [-0.15, -0.1) is 12.3 Å². The summed E-state index contributed by atoms with van der Waals surface area (Å²) in [7, 11) is 0. The molecule has 1 aromatic rings. The summed E-state index contributed by atoms with van der Waals surface area (Å²) in [4.78, 5) is 14.0. The van der Waals surface area contributed by atoms with Gasteiger partial charge in [-0.25, -0.2) is 0 Å². The zero-order chi connectivity index (χ0) is 14.4. The molecule has 0 spiro atoms. The number of nitrogens with zero attached hydrogens (tertiary/aromatic N) is 3. The molecule has 100 valence electrons. The molecular weight excluding hydrogens is 238 g/mol. The van der Waals surface area contributed by atoms with Gasteiger partial charge in [0.2, 0.25) is 5.91 Å². The quantitative estimate of drug-likeness (QED) is 0.768. The molecule has 0 aromatic carbocycles. The molecule has 0 aliphatic heterocycles. The number of amides is 1. The van der Waals surface area contributed by atoms with Crippen LogP contribution >= 0.6 is 0 Å². The highest BCUT2D eigenvalue weighted by atomic mass is 16.2. The molecule has 1 atom stereocenters. The number of aryl methyl sites for hydroxylation is 2. The smallest absolute Gasteiger partial charge is 0.248 e. The Hall–Kier alpha value is -2.20.